The van der Waals surface area contributed by atoms with Crippen LogP contribution in [0.3, 0.4) is 0 Å². The molecule has 0 unspecified atom stereocenters. The molecule has 0 aliphatic rings. The van der Waals surface area contributed by atoms with Crippen LogP contribution >= 0.6 is 0 Å². The third-order valence-corrected chi connectivity index (χ3v) is 3.72. The van der Waals surface area contributed by atoms with Crippen LogP contribution < -0.4 is 14.9 Å². The number of nitrogens with zero attached hydrogens (tertiary/aromatic N) is 1. The van der Waals surface area contributed by atoms with Gasteiger partial charge in [0.1, 0.15) is 5.75 Å². The fourth-order valence-corrected chi connectivity index (χ4v) is 2.37. The van der Waals surface area contributed by atoms with Crippen molar-refractivity contribution in [2.75, 3.05) is 19.6 Å². The Labute approximate surface area is 142 Å². The van der Waals surface area contributed by atoms with Gasteiger partial charge in [0.15, 0.2) is 11.5 Å². The van der Waals surface area contributed by atoms with Crippen molar-refractivity contribution in [3.63, 3.8) is 0 Å². The minimum atomic E-state index is 0.294. The quantitative estimate of drug-likeness (QED) is 0.586. The molecule has 0 saturated heterocycles. The van der Waals surface area contributed by atoms with Crippen LogP contribution in [0.5, 0.6) is 17.2 Å². The molecular formula is C19H24N2O3. The summed E-state index contributed by atoms with van der Waals surface area (Å²) in [4.78, 5) is 0. The maximum Gasteiger partial charge on any atom is 0.162 e. The van der Waals surface area contributed by atoms with E-state index in [0.717, 1.165) is 35.4 Å². The molecule has 0 spiro atoms. The smallest absolute Gasteiger partial charge is 0.162 e. The third kappa shape index (κ3) is 4.19. The number of anilines is 1. The Morgan fingerprint density at radius 3 is 2.46 bits per heavy atom. The number of hydrogen-bond donors (Lipinski definition) is 2. The lowest BCUT2D eigenvalue weighted by atomic mass is 10.0. The Bertz CT molecular complexity index is 727. The zero-order valence-corrected chi connectivity index (χ0v) is 14.6. The van der Waals surface area contributed by atoms with Gasteiger partial charge in [0.25, 0.3) is 0 Å². The lowest BCUT2D eigenvalue weighted by Gasteiger charge is -2.11. The highest BCUT2D eigenvalue weighted by molar-refractivity contribution is 6.01. The summed E-state index contributed by atoms with van der Waals surface area (Å²) in [5, 5.41) is 14.2. The van der Waals surface area contributed by atoms with Gasteiger partial charge in [0.05, 0.1) is 25.6 Å². The Hall–Kier alpha value is -2.69. The van der Waals surface area contributed by atoms with Crippen molar-refractivity contribution in [3.8, 4) is 17.2 Å². The van der Waals surface area contributed by atoms with Crippen molar-refractivity contribution in [1.82, 2.24) is 0 Å². The van der Waals surface area contributed by atoms with Gasteiger partial charge in [-0.25, -0.2) is 0 Å². The molecule has 2 aromatic rings. The summed E-state index contributed by atoms with van der Waals surface area (Å²) in [6.45, 7) is 3.99. The minimum absolute atomic E-state index is 0.294. The van der Waals surface area contributed by atoms with Crippen molar-refractivity contribution in [3.05, 3.63) is 47.5 Å². The molecule has 0 atom stereocenters. The second-order valence-corrected chi connectivity index (χ2v) is 5.49. The van der Waals surface area contributed by atoms with Crippen LogP contribution in [0.1, 0.15) is 30.9 Å². The van der Waals surface area contributed by atoms with Gasteiger partial charge in [-0.15, -0.1) is 0 Å². The second kappa shape index (κ2) is 8.24. The number of benzene rings is 2. The summed E-state index contributed by atoms with van der Waals surface area (Å²) in [7, 11) is 3.21. The van der Waals surface area contributed by atoms with E-state index >= 15 is 0 Å². The van der Waals surface area contributed by atoms with E-state index in [2.05, 4.69) is 17.5 Å². The van der Waals surface area contributed by atoms with E-state index < -0.39 is 0 Å². The van der Waals surface area contributed by atoms with Crippen LogP contribution in [0, 0.1) is 6.92 Å². The number of aromatic hydroxyl groups is 1. The highest BCUT2D eigenvalue weighted by atomic mass is 16.5. The van der Waals surface area contributed by atoms with Crippen molar-refractivity contribution >= 4 is 11.4 Å². The van der Waals surface area contributed by atoms with E-state index in [4.69, 9.17) is 9.47 Å². The summed E-state index contributed by atoms with van der Waals surface area (Å²) in [5.74, 6) is 1.62. The van der Waals surface area contributed by atoms with E-state index in [-0.39, 0.29) is 0 Å². The average Bonchev–Trinajstić information content (AvgIpc) is 2.60. The zero-order chi connectivity index (χ0) is 17.5. The molecule has 0 bridgehead atoms. The molecule has 128 valence electrons. The monoisotopic (exact) mass is 328 g/mol. The number of phenols is 1. The zero-order valence-electron chi connectivity index (χ0n) is 14.6. The predicted molar refractivity (Wildman–Crippen MR) is 97.5 cm³/mol. The number of phenolic OH excluding ortho intramolecular Hbond substituents is 1. The molecule has 0 saturated carbocycles. The molecule has 2 rings (SSSR count). The molecule has 0 aliphatic heterocycles. The molecule has 2 N–H and O–H groups in total. The normalized spacial score (nSPS) is 11.2. The van der Waals surface area contributed by atoms with Gasteiger partial charge in [0, 0.05) is 6.07 Å². The first kappa shape index (κ1) is 17.7. The highest BCUT2D eigenvalue weighted by Crippen LogP contribution is 2.29. The first-order chi connectivity index (χ1) is 11.6. The molecule has 0 aliphatic carbocycles. The van der Waals surface area contributed by atoms with Crippen LogP contribution in [0.4, 0.5) is 5.69 Å². The van der Waals surface area contributed by atoms with Crippen LogP contribution in [-0.4, -0.2) is 25.0 Å². The Kier molecular flexibility index (Phi) is 6.07. The molecule has 0 radical (unpaired) electrons. The van der Waals surface area contributed by atoms with Gasteiger partial charge in [-0.05, 0) is 54.8 Å². The molecule has 0 heterocycles. The Morgan fingerprint density at radius 2 is 1.83 bits per heavy atom. The molecule has 5 nitrogen and oxygen atoms in total. The van der Waals surface area contributed by atoms with Crippen LogP contribution in [0.25, 0.3) is 0 Å². The first-order valence-electron chi connectivity index (χ1n) is 7.93. The molecule has 24 heavy (non-hydrogen) atoms. The maximum atomic E-state index is 9.69. The van der Waals surface area contributed by atoms with Gasteiger partial charge < -0.3 is 14.6 Å². The van der Waals surface area contributed by atoms with Crippen molar-refractivity contribution in [1.29, 1.82) is 0 Å². The van der Waals surface area contributed by atoms with Gasteiger partial charge in [-0.2, -0.15) is 5.10 Å². The standard InChI is InChI=1S/C19H24N2O3/c1-5-6-16(14-7-9-17(22)13(2)11-14)21-20-15-8-10-18(23-3)19(12-15)24-4/h7-12,20,22H,5-6H2,1-4H3. The van der Waals surface area contributed by atoms with Gasteiger partial charge in [-0.3, -0.25) is 5.43 Å². The molecule has 0 fully saturated rings. The maximum absolute atomic E-state index is 9.69. The SMILES string of the molecule is CCCC(=NNc1ccc(OC)c(OC)c1)c1ccc(O)c(C)c1. The molecule has 5 heteroatoms. The topological polar surface area (TPSA) is 63.1 Å². The number of ether oxygens (including phenoxy) is 2. The third-order valence-electron chi connectivity index (χ3n) is 3.72. The lowest BCUT2D eigenvalue weighted by molar-refractivity contribution is 0.355. The fourth-order valence-electron chi connectivity index (χ4n) is 2.37. The summed E-state index contributed by atoms with van der Waals surface area (Å²) in [6, 6.07) is 11.1. The number of nitrogens with one attached hydrogen (secondary N) is 1. The largest absolute Gasteiger partial charge is 0.508 e. The minimum Gasteiger partial charge on any atom is -0.508 e. The summed E-state index contributed by atoms with van der Waals surface area (Å²) >= 11 is 0. The highest BCUT2D eigenvalue weighted by Gasteiger charge is 2.07. The lowest BCUT2D eigenvalue weighted by Crippen LogP contribution is -2.05. The molecule has 0 aromatic heterocycles. The predicted octanol–water partition coefficient (Wildman–Crippen LogP) is 4.33. The second-order valence-electron chi connectivity index (χ2n) is 5.49. The van der Waals surface area contributed by atoms with E-state index in [1.54, 1.807) is 20.3 Å². The van der Waals surface area contributed by atoms with Crippen molar-refractivity contribution in [2.24, 2.45) is 5.10 Å². The van der Waals surface area contributed by atoms with Crippen LogP contribution in [-0.2, 0) is 0 Å². The molecule has 2 aromatic carbocycles. The van der Waals surface area contributed by atoms with E-state index in [0.29, 0.717) is 17.2 Å². The summed E-state index contributed by atoms with van der Waals surface area (Å²) in [5.41, 5.74) is 6.67. The van der Waals surface area contributed by atoms with Crippen molar-refractivity contribution < 1.29 is 14.6 Å². The molecule has 0 amide bonds. The van der Waals surface area contributed by atoms with Gasteiger partial charge >= 0.3 is 0 Å². The number of hydrogen-bond acceptors (Lipinski definition) is 5. The summed E-state index contributed by atoms with van der Waals surface area (Å²) < 4.78 is 10.5. The number of methoxy groups -OCH3 is 2. The average molecular weight is 328 g/mol. The van der Waals surface area contributed by atoms with Crippen molar-refractivity contribution in [2.45, 2.75) is 26.7 Å². The number of rotatable bonds is 7. The van der Waals surface area contributed by atoms with Crippen LogP contribution in [0.2, 0.25) is 0 Å². The molecular weight excluding hydrogens is 304 g/mol. The van der Waals surface area contributed by atoms with Gasteiger partial charge in [0.2, 0.25) is 0 Å². The first-order valence-corrected chi connectivity index (χ1v) is 7.93. The fraction of sp³-hybridized carbons (Fsp3) is 0.316. The Balaban J connectivity index is 2.26. The van der Waals surface area contributed by atoms with Crippen LogP contribution in [0.15, 0.2) is 41.5 Å². The number of aryl methyl sites for hydroxylation is 1. The number of hydrazone groups is 1. The summed E-state index contributed by atoms with van der Waals surface area (Å²) in [6.07, 6.45) is 1.82. The van der Waals surface area contributed by atoms with E-state index in [9.17, 15) is 5.11 Å². The van der Waals surface area contributed by atoms with Gasteiger partial charge in [-0.1, -0.05) is 13.3 Å². The van der Waals surface area contributed by atoms with E-state index in [1.165, 1.54) is 0 Å². The Morgan fingerprint density at radius 1 is 1.08 bits per heavy atom. The van der Waals surface area contributed by atoms with E-state index in [1.807, 2.05) is 37.3 Å².